The highest BCUT2D eigenvalue weighted by Crippen LogP contribution is 2.28. The summed E-state index contributed by atoms with van der Waals surface area (Å²) in [6.07, 6.45) is 0. The minimum atomic E-state index is -1.21. The zero-order chi connectivity index (χ0) is 14.7. The minimum Gasteiger partial charge on any atom is -0.476 e. The van der Waals surface area contributed by atoms with Crippen LogP contribution >= 0.6 is 15.9 Å². The Kier molecular flexibility index (Phi) is 3.89. The Morgan fingerprint density at radius 3 is 2.60 bits per heavy atom. The summed E-state index contributed by atoms with van der Waals surface area (Å²) in [5.74, 6) is -0.993. The summed E-state index contributed by atoms with van der Waals surface area (Å²) in [6, 6.07) is 6.59. The van der Waals surface area contributed by atoms with E-state index in [2.05, 4.69) is 26.1 Å². The molecule has 0 spiro atoms. The van der Waals surface area contributed by atoms with Gasteiger partial charge in [-0.3, -0.25) is 10.1 Å². The predicted molar refractivity (Wildman–Crippen MR) is 69.9 cm³/mol. The number of carbonyl (C=O) groups is 1. The van der Waals surface area contributed by atoms with Crippen LogP contribution in [0.1, 0.15) is 10.5 Å². The fourth-order valence-electron chi connectivity index (χ4n) is 1.32. The van der Waals surface area contributed by atoms with Crippen LogP contribution in [0.25, 0.3) is 0 Å². The Morgan fingerprint density at radius 1 is 1.30 bits per heavy atom. The second kappa shape index (κ2) is 5.61. The summed E-state index contributed by atoms with van der Waals surface area (Å²) in [4.78, 5) is 20.8. The quantitative estimate of drug-likeness (QED) is 0.672. The summed E-state index contributed by atoms with van der Waals surface area (Å²) >= 11 is 3.13. The van der Waals surface area contributed by atoms with Crippen molar-refractivity contribution >= 4 is 27.6 Å². The van der Waals surface area contributed by atoms with E-state index in [9.17, 15) is 14.9 Å². The lowest BCUT2D eigenvalue weighted by atomic mass is 10.3. The Hall–Kier alpha value is -2.55. The molecule has 1 N–H and O–H groups in total. The number of carboxylic acids is 1. The molecule has 0 saturated heterocycles. The second-order valence-corrected chi connectivity index (χ2v) is 4.48. The molecule has 8 nitrogen and oxygen atoms in total. The molecule has 1 aromatic carbocycles. The first kappa shape index (κ1) is 13.9. The van der Waals surface area contributed by atoms with Crippen molar-refractivity contribution in [3.63, 3.8) is 0 Å². The van der Waals surface area contributed by atoms with Gasteiger partial charge in [-0.2, -0.15) is 0 Å². The van der Waals surface area contributed by atoms with E-state index < -0.39 is 10.9 Å². The van der Waals surface area contributed by atoms with Crippen molar-refractivity contribution < 1.29 is 19.6 Å². The van der Waals surface area contributed by atoms with E-state index in [1.165, 1.54) is 30.3 Å². The van der Waals surface area contributed by atoms with Crippen molar-refractivity contribution in [3.05, 3.63) is 50.6 Å². The third-order valence-electron chi connectivity index (χ3n) is 2.15. The van der Waals surface area contributed by atoms with Gasteiger partial charge in [-0.25, -0.2) is 4.79 Å². The highest BCUT2D eigenvalue weighted by molar-refractivity contribution is 9.10. The van der Waals surface area contributed by atoms with Crippen LogP contribution in [-0.4, -0.2) is 26.2 Å². The highest BCUT2D eigenvalue weighted by atomic mass is 79.9. The van der Waals surface area contributed by atoms with E-state index in [4.69, 9.17) is 9.84 Å². The van der Waals surface area contributed by atoms with E-state index in [1.54, 1.807) is 0 Å². The van der Waals surface area contributed by atoms with Crippen LogP contribution in [0.4, 0.5) is 5.69 Å². The third-order valence-corrected chi connectivity index (χ3v) is 2.61. The van der Waals surface area contributed by atoms with Gasteiger partial charge in [-0.15, -0.1) is 10.2 Å². The highest BCUT2D eigenvalue weighted by Gasteiger charge is 2.11. The molecule has 0 radical (unpaired) electrons. The number of nitro groups is 1. The minimum absolute atomic E-state index is 0.0300. The van der Waals surface area contributed by atoms with Crippen LogP contribution in [-0.2, 0) is 0 Å². The maximum atomic E-state index is 10.7. The maximum absolute atomic E-state index is 10.7. The molecule has 20 heavy (non-hydrogen) atoms. The second-order valence-electron chi connectivity index (χ2n) is 3.57. The Balaban J connectivity index is 2.25. The van der Waals surface area contributed by atoms with E-state index in [0.717, 1.165) is 0 Å². The van der Waals surface area contributed by atoms with Gasteiger partial charge in [0.2, 0.25) is 5.88 Å². The summed E-state index contributed by atoms with van der Waals surface area (Å²) in [6.45, 7) is 0. The topological polar surface area (TPSA) is 115 Å². The number of halogens is 1. The SMILES string of the molecule is O=C(O)c1ccc(Oc2cc(Br)cc([N+](=O)[O-])c2)nn1. The molecule has 0 atom stereocenters. The molecule has 1 aromatic heterocycles. The zero-order valence-corrected chi connectivity index (χ0v) is 11.3. The van der Waals surface area contributed by atoms with Crippen molar-refractivity contribution in [1.29, 1.82) is 0 Å². The molecule has 0 aliphatic heterocycles. The number of benzene rings is 1. The lowest BCUT2D eigenvalue weighted by Crippen LogP contribution is -2.02. The monoisotopic (exact) mass is 339 g/mol. The van der Waals surface area contributed by atoms with Gasteiger partial charge in [-0.05, 0) is 12.1 Å². The fraction of sp³-hybridized carbons (Fsp3) is 0. The largest absolute Gasteiger partial charge is 0.476 e. The number of hydrogen-bond donors (Lipinski definition) is 1. The molecule has 9 heteroatoms. The summed E-state index contributed by atoms with van der Waals surface area (Å²) in [7, 11) is 0. The number of aromatic nitrogens is 2. The smallest absolute Gasteiger partial charge is 0.356 e. The molecule has 0 fully saturated rings. The molecule has 0 amide bonds. The van der Waals surface area contributed by atoms with Crippen LogP contribution < -0.4 is 4.74 Å². The van der Waals surface area contributed by atoms with Gasteiger partial charge in [0.25, 0.3) is 5.69 Å². The van der Waals surface area contributed by atoms with Gasteiger partial charge in [0.05, 0.1) is 11.0 Å². The van der Waals surface area contributed by atoms with E-state index in [0.29, 0.717) is 4.47 Å². The van der Waals surface area contributed by atoms with Crippen molar-refractivity contribution in [1.82, 2.24) is 10.2 Å². The van der Waals surface area contributed by atoms with Crippen LogP contribution in [0.15, 0.2) is 34.8 Å². The zero-order valence-electron chi connectivity index (χ0n) is 9.69. The Labute approximate surface area is 120 Å². The average Bonchev–Trinajstić information content (AvgIpc) is 2.38. The molecule has 0 aliphatic rings. The van der Waals surface area contributed by atoms with Gasteiger partial charge in [0.15, 0.2) is 5.69 Å². The first-order chi connectivity index (χ1) is 9.45. The van der Waals surface area contributed by atoms with Crippen LogP contribution in [0, 0.1) is 10.1 Å². The summed E-state index contributed by atoms with van der Waals surface area (Å²) < 4.78 is 5.75. The lowest BCUT2D eigenvalue weighted by Gasteiger charge is -2.04. The predicted octanol–water partition coefficient (Wildman–Crippen LogP) is 2.64. The molecule has 0 aliphatic carbocycles. The van der Waals surface area contributed by atoms with Crippen molar-refractivity contribution in [2.45, 2.75) is 0 Å². The fourth-order valence-corrected chi connectivity index (χ4v) is 1.78. The van der Waals surface area contributed by atoms with Crippen molar-refractivity contribution in [3.8, 4) is 11.6 Å². The number of nitro benzene ring substituents is 1. The van der Waals surface area contributed by atoms with Crippen LogP contribution in [0.3, 0.4) is 0 Å². The molecule has 1 heterocycles. The van der Waals surface area contributed by atoms with E-state index >= 15 is 0 Å². The Morgan fingerprint density at radius 2 is 2.05 bits per heavy atom. The summed E-state index contributed by atoms with van der Waals surface area (Å²) in [5.41, 5.74) is -0.373. The van der Waals surface area contributed by atoms with Gasteiger partial charge >= 0.3 is 5.97 Å². The van der Waals surface area contributed by atoms with Gasteiger partial charge in [-0.1, -0.05) is 15.9 Å². The van der Waals surface area contributed by atoms with Crippen LogP contribution in [0.2, 0.25) is 0 Å². The number of rotatable bonds is 4. The lowest BCUT2D eigenvalue weighted by molar-refractivity contribution is -0.385. The average molecular weight is 340 g/mol. The molecular weight excluding hydrogens is 334 g/mol. The summed E-state index contributed by atoms with van der Waals surface area (Å²) in [5, 5.41) is 26.4. The van der Waals surface area contributed by atoms with Crippen LogP contribution in [0.5, 0.6) is 11.6 Å². The molecule has 0 bridgehead atoms. The molecule has 0 unspecified atom stereocenters. The molecule has 2 aromatic rings. The van der Waals surface area contributed by atoms with Gasteiger partial charge in [0.1, 0.15) is 5.75 Å². The number of carboxylic acid groups (broad SMARTS) is 1. The standard InChI is InChI=1S/C11H6BrN3O5/c12-6-3-7(15(18)19)5-8(4-6)20-10-2-1-9(11(16)17)13-14-10/h1-5H,(H,16,17). The maximum Gasteiger partial charge on any atom is 0.356 e. The number of hydrogen-bond acceptors (Lipinski definition) is 6. The molecule has 0 saturated carbocycles. The van der Waals surface area contributed by atoms with E-state index in [-0.39, 0.29) is 23.0 Å². The Bertz CT molecular complexity index is 674. The van der Waals surface area contributed by atoms with Crippen molar-refractivity contribution in [2.75, 3.05) is 0 Å². The number of non-ortho nitro benzene ring substituents is 1. The first-order valence-electron chi connectivity index (χ1n) is 5.15. The molecule has 2 rings (SSSR count). The van der Waals surface area contributed by atoms with Gasteiger partial charge < -0.3 is 9.84 Å². The van der Waals surface area contributed by atoms with Crippen molar-refractivity contribution in [2.24, 2.45) is 0 Å². The normalized spacial score (nSPS) is 10.1. The number of nitrogens with zero attached hydrogens (tertiary/aromatic N) is 3. The number of ether oxygens (including phenoxy) is 1. The molecular formula is C11H6BrN3O5. The first-order valence-corrected chi connectivity index (χ1v) is 5.95. The number of aromatic carboxylic acids is 1. The molecule has 102 valence electrons. The third kappa shape index (κ3) is 3.26. The van der Waals surface area contributed by atoms with Gasteiger partial charge in [0, 0.05) is 16.6 Å². The van der Waals surface area contributed by atoms with E-state index in [1.807, 2.05) is 0 Å².